The summed E-state index contributed by atoms with van der Waals surface area (Å²) in [5, 5.41) is 2.09. The molecule has 0 aliphatic rings. The third-order valence-electron chi connectivity index (χ3n) is 1.79. The SMILES string of the molecule is CCCNC(C)(C(N)=O)C(F)(F)F. The van der Waals surface area contributed by atoms with Crippen LogP contribution in [-0.2, 0) is 4.79 Å². The first kappa shape index (κ1) is 12.2. The molecule has 0 saturated heterocycles. The highest BCUT2D eigenvalue weighted by Crippen LogP contribution is 2.29. The van der Waals surface area contributed by atoms with Crippen LogP contribution in [0, 0.1) is 0 Å². The van der Waals surface area contributed by atoms with Crippen LogP contribution in [0.4, 0.5) is 13.2 Å². The number of halogens is 3. The normalized spacial score (nSPS) is 16.7. The van der Waals surface area contributed by atoms with Gasteiger partial charge in [0.05, 0.1) is 0 Å². The maximum atomic E-state index is 12.3. The predicted molar refractivity (Wildman–Crippen MR) is 41.9 cm³/mol. The predicted octanol–water partition coefficient (Wildman–Crippen LogP) is 0.792. The van der Waals surface area contributed by atoms with Gasteiger partial charge < -0.3 is 5.73 Å². The van der Waals surface area contributed by atoms with Gasteiger partial charge in [0.2, 0.25) is 5.91 Å². The zero-order valence-corrected chi connectivity index (χ0v) is 7.53. The molecule has 0 saturated carbocycles. The van der Waals surface area contributed by atoms with Gasteiger partial charge in [-0.15, -0.1) is 0 Å². The van der Waals surface area contributed by atoms with Crippen LogP contribution in [0.1, 0.15) is 20.3 Å². The van der Waals surface area contributed by atoms with Crippen molar-refractivity contribution in [3.8, 4) is 0 Å². The van der Waals surface area contributed by atoms with E-state index in [1.54, 1.807) is 6.92 Å². The van der Waals surface area contributed by atoms with E-state index in [2.05, 4.69) is 11.1 Å². The number of hydrogen-bond donors (Lipinski definition) is 2. The lowest BCUT2D eigenvalue weighted by Gasteiger charge is -2.29. The first-order valence-electron chi connectivity index (χ1n) is 3.87. The molecule has 78 valence electrons. The molecule has 0 aromatic rings. The molecule has 1 unspecified atom stereocenters. The lowest BCUT2D eigenvalue weighted by atomic mass is 10.0. The first-order chi connectivity index (χ1) is 5.75. The van der Waals surface area contributed by atoms with Crippen LogP contribution in [0.15, 0.2) is 0 Å². The summed E-state index contributed by atoms with van der Waals surface area (Å²) < 4.78 is 36.9. The Morgan fingerprint density at radius 1 is 1.46 bits per heavy atom. The molecule has 1 atom stereocenters. The molecular weight excluding hydrogens is 185 g/mol. The summed E-state index contributed by atoms with van der Waals surface area (Å²) in [6.07, 6.45) is -4.16. The van der Waals surface area contributed by atoms with Crippen LogP contribution in [-0.4, -0.2) is 24.2 Å². The van der Waals surface area contributed by atoms with E-state index >= 15 is 0 Å². The number of rotatable bonds is 4. The number of nitrogens with one attached hydrogen (secondary N) is 1. The summed E-state index contributed by atoms with van der Waals surface area (Å²) in [5.74, 6) is -1.41. The van der Waals surface area contributed by atoms with Crippen LogP contribution < -0.4 is 11.1 Å². The summed E-state index contributed by atoms with van der Waals surface area (Å²) >= 11 is 0. The summed E-state index contributed by atoms with van der Waals surface area (Å²) in [5.41, 5.74) is 2.05. The molecule has 3 nitrogen and oxygen atoms in total. The van der Waals surface area contributed by atoms with E-state index in [1.807, 2.05) is 0 Å². The summed E-state index contributed by atoms with van der Waals surface area (Å²) in [4.78, 5) is 10.6. The minimum absolute atomic E-state index is 0.0962. The van der Waals surface area contributed by atoms with Crippen molar-refractivity contribution in [3.63, 3.8) is 0 Å². The van der Waals surface area contributed by atoms with Gasteiger partial charge in [0.25, 0.3) is 0 Å². The lowest BCUT2D eigenvalue weighted by molar-refractivity contribution is -0.193. The molecule has 0 radical (unpaired) electrons. The second kappa shape index (κ2) is 3.95. The highest BCUT2D eigenvalue weighted by atomic mass is 19.4. The van der Waals surface area contributed by atoms with Gasteiger partial charge in [0.1, 0.15) is 0 Å². The number of amides is 1. The van der Waals surface area contributed by atoms with Gasteiger partial charge in [-0.1, -0.05) is 6.92 Å². The van der Waals surface area contributed by atoms with Gasteiger partial charge in [-0.3, -0.25) is 10.1 Å². The third kappa shape index (κ3) is 2.58. The molecule has 0 aliphatic carbocycles. The highest BCUT2D eigenvalue weighted by molar-refractivity contribution is 5.85. The largest absolute Gasteiger partial charge is 0.415 e. The zero-order chi connectivity index (χ0) is 10.7. The Kier molecular flexibility index (Phi) is 3.71. The minimum atomic E-state index is -4.66. The number of nitrogens with two attached hydrogens (primary N) is 1. The van der Waals surface area contributed by atoms with Gasteiger partial charge in [0.15, 0.2) is 5.54 Å². The van der Waals surface area contributed by atoms with Crippen molar-refractivity contribution >= 4 is 5.91 Å². The molecule has 0 spiro atoms. The molecule has 0 aliphatic heterocycles. The molecule has 0 aromatic carbocycles. The standard InChI is InChI=1S/C7H13F3N2O/c1-3-4-12-6(2,5(11)13)7(8,9)10/h12H,3-4H2,1-2H3,(H2,11,13). The van der Waals surface area contributed by atoms with Crippen molar-refractivity contribution < 1.29 is 18.0 Å². The average Bonchev–Trinajstić information content (AvgIpc) is 1.97. The molecule has 13 heavy (non-hydrogen) atoms. The second-order valence-corrected chi connectivity index (χ2v) is 2.91. The smallest absolute Gasteiger partial charge is 0.368 e. The fourth-order valence-electron chi connectivity index (χ4n) is 0.702. The van der Waals surface area contributed by atoms with Gasteiger partial charge in [-0.2, -0.15) is 13.2 Å². The van der Waals surface area contributed by atoms with E-state index in [0.717, 1.165) is 6.92 Å². The van der Waals surface area contributed by atoms with E-state index in [0.29, 0.717) is 6.42 Å². The zero-order valence-electron chi connectivity index (χ0n) is 7.53. The molecule has 0 bridgehead atoms. The van der Waals surface area contributed by atoms with E-state index < -0.39 is 17.6 Å². The Hall–Kier alpha value is -0.780. The van der Waals surface area contributed by atoms with Crippen LogP contribution in [0.5, 0.6) is 0 Å². The van der Waals surface area contributed by atoms with E-state index in [9.17, 15) is 18.0 Å². The molecule has 0 rings (SSSR count). The Morgan fingerprint density at radius 3 is 2.15 bits per heavy atom. The van der Waals surface area contributed by atoms with Crippen LogP contribution in [0.3, 0.4) is 0 Å². The molecule has 3 N–H and O–H groups in total. The summed E-state index contributed by atoms with van der Waals surface area (Å²) in [7, 11) is 0. The summed E-state index contributed by atoms with van der Waals surface area (Å²) in [6, 6.07) is 0. The molecule has 0 aromatic heterocycles. The highest BCUT2D eigenvalue weighted by Gasteiger charge is 2.55. The van der Waals surface area contributed by atoms with Crippen molar-refractivity contribution in [3.05, 3.63) is 0 Å². The van der Waals surface area contributed by atoms with Crippen LogP contribution in [0.2, 0.25) is 0 Å². The first-order valence-corrected chi connectivity index (χ1v) is 3.87. The van der Waals surface area contributed by atoms with E-state index in [-0.39, 0.29) is 6.54 Å². The Labute approximate surface area is 74.5 Å². The van der Waals surface area contributed by atoms with E-state index in [1.165, 1.54) is 0 Å². The van der Waals surface area contributed by atoms with Crippen molar-refractivity contribution in [2.45, 2.75) is 32.0 Å². The number of carbonyl (C=O) groups is 1. The van der Waals surface area contributed by atoms with Crippen molar-refractivity contribution in [1.29, 1.82) is 0 Å². The number of hydrogen-bond acceptors (Lipinski definition) is 2. The second-order valence-electron chi connectivity index (χ2n) is 2.91. The Bertz CT molecular complexity index is 193. The minimum Gasteiger partial charge on any atom is -0.368 e. The Morgan fingerprint density at radius 2 is 1.92 bits per heavy atom. The number of primary amides is 1. The Balaban J connectivity index is 4.64. The summed E-state index contributed by atoms with van der Waals surface area (Å²) in [6.45, 7) is 2.54. The average molecular weight is 198 g/mol. The van der Waals surface area contributed by atoms with Crippen LogP contribution in [0.25, 0.3) is 0 Å². The topological polar surface area (TPSA) is 55.1 Å². The quantitative estimate of drug-likeness (QED) is 0.701. The van der Waals surface area contributed by atoms with E-state index in [4.69, 9.17) is 0 Å². The lowest BCUT2D eigenvalue weighted by Crippen LogP contribution is -2.62. The monoisotopic (exact) mass is 198 g/mol. The number of carbonyl (C=O) groups excluding carboxylic acids is 1. The molecule has 0 fully saturated rings. The van der Waals surface area contributed by atoms with Gasteiger partial charge >= 0.3 is 6.18 Å². The fraction of sp³-hybridized carbons (Fsp3) is 0.857. The molecule has 6 heteroatoms. The maximum absolute atomic E-state index is 12.3. The van der Waals surface area contributed by atoms with Crippen LogP contribution >= 0.6 is 0 Å². The van der Waals surface area contributed by atoms with Crippen molar-refractivity contribution in [2.75, 3.05) is 6.54 Å². The fourth-order valence-corrected chi connectivity index (χ4v) is 0.702. The number of alkyl halides is 3. The van der Waals surface area contributed by atoms with Gasteiger partial charge in [-0.25, -0.2) is 0 Å². The third-order valence-corrected chi connectivity index (χ3v) is 1.79. The van der Waals surface area contributed by atoms with Crippen molar-refractivity contribution in [1.82, 2.24) is 5.32 Å². The molecule has 0 heterocycles. The molecular formula is C7H13F3N2O. The van der Waals surface area contributed by atoms with Gasteiger partial charge in [-0.05, 0) is 19.9 Å². The van der Waals surface area contributed by atoms with Gasteiger partial charge in [0, 0.05) is 0 Å². The van der Waals surface area contributed by atoms with Crippen molar-refractivity contribution in [2.24, 2.45) is 5.73 Å². The molecule has 1 amide bonds. The maximum Gasteiger partial charge on any atom is 0.415 e.